The Balaban J connectivity index is 1.69. The van der Waals surface area contributed by atoms with Gasteiger partial charge in [-0.3, -0.25) is 9.59 Å². The molecule has 1 N–H and O–H groups in total. The van der Waals surface area contributed by atoms with E-state index in [-0.39, 0.29) is 23.6 Å². The third-order valence-electron chi connectivity index (χ3n) is 5.13. The van der Waals surface area contributed by atoms with E-state index in [0.29, 0.717) is 13.0 Å². The van der Waals surface area contributed by atoms with Gasteiger partial charge in [0.15, 0.2) is 5.76 Å². The normalized spacial score (nSPS) is 18.1. The largest absolute Gasteiger partial charge is 0.459 e. The summed E-state index contributed by atoms with van der Waals surface area (Å²) in [6, 6.07) is 2.96. The zero-order valence-electron chi connectivity index (χ0n) is 16.5. The molecule has 152 valence electrons. The fourth-order valence-electron chi connectivity index (χ4n) is 3.68. The van der Waals surface area contributed by atoms with Gasteiger partial charge in [0.25, 0.3) is 5.91 Å². The third kappa shape index (κ3) is 4.79. The lowest BCUT2D eigenvalue weighted by atomic mass is 10.0. The highest BCUT2D eigenvalue weighted by atomic mass is 32.2. The lowest BCUT2D eigenvalue weighted by Gasteiger charge is -2.36. The predicted octanol–water partition coefficient (Wildman–Crippen LogP) is 2.75. The summed E-state index contributed by atoms with van der Waals surface area (Å²) in [5.74, 6) is 1.71. The van der Waals surface area contributed by atoms with Gasteiger partial charge in [0, 0.05) is 31.9 Å². The quantitative estimate of drug-likeness (QED) is 0.732. The SMILES string of the molecule is CCc1nccn1C1CCCN(C(=O)C(CCSC)NC(=O)c2ccco2)C1. The summed E-state index contributed by atoms with van der Waals surface area (Å²) in [7, 11) is 0. The first-order valence-corrected chi connectivity index (χ1v) is 11.2. The second-order valence-corrected chi connectivity index (χ2v) is 7.96. The molecule has 2 aromatic heterocycles. The molecule has 0 radical (unpaired) electrons. The maximum atomic E-state index is 13.2. The van der Waals surface area contributed by atoms with Crippen LogP contribution in [0.15, 0.2) is 35.2 Å². The Bertz CT molecular complexity index is 774. The Hall–Kier alpha value is -2.22. The minimum atomic E-state index is -0.544. The molecule has 0 spiro atoms. The third-order valence-corrected chi connectivity index (χ3v) is 5.77. The van der Waals surface area contributed by atoms with E-state index >= 15 is 0 Å². The maximum Gasteiger partial charge on any atom is 0.287 e. The van der Waals surface area contributed by atoms with E-state index < -0.39 is 6.04 Å². The summed E-state index contributed by atoms with van der Waals surface area (Å²) in [5.41, 5.74) is 0. The molecule has 3 heterocycles. The number of piperidine rings is 1. The molecule has 1 fully saturated rings. The van der Waals surface area contributed by atoms with Gasteiger partial charge in [-0.05, 0) is 43.4 Å². The Labute approximate surface area is 169 Å². The van der Waals surface area contributed by atoms with Crippen molar-refractivity contribution >= 4 is 23.6 Å². The van der Waals surface area contributed by atoms with E-state index in [1.165, 1.54) is 6.26 Å². The van der Waals surface area contributed by atoms with Gasteiger partial charge in [0.1, 0.15) is 11.9 Å². The number of furan rings is 1. The summed E-state index contributed by atoms with van der Waals surface area (Å²) in [4.78, 5) is 31.9. The number of nitrogens with zero attached hydrogens (tertiary/aromatic N) is 3. The molecule has 1 saturated heterocycles. The first-order chi connectivity index (χ1) is 13.6. The van der Waals surface area contributed by atoms with E-state index in [0.717, 1.165) is 37.4 Å². The van der Waals surface area contributed by atoms with Crippen molar-refractivity contribution in [1.29, 1.82) is 0 Å². The molecule has 0 aliphatic carbocycles. The number of hydrogen-bond acceptors (Lipinski definition) is 5. The van der Waals surface area contributed by atoms with E-state index in [1.54, 1.807) is 23.9 Å². The maximum absolute atomic E-state index is 13.2. The highest BCUT2D eigenvalue weighted by Crippen LogP contribution is 2.24. The topological polar surface area (TPSA) is 80.4 Å². The Morgan fingerprint density at radius 3 is 3.04 bits per heavy atom. The average molecular weight is 405 g/mol. The number of aryl methyl sites for hydroxylation is 1. The molecule has 0 saturated carbocycles. The van der Waals surface area contributed by atoms with Crippen LogP contribution in [0.3, 0.4) is 0 Å². The first-order valence-electron chi connectivity index (χ1n) is 9.77. The molecule has 8 heteroatoms. The van der Waals surface area contributed by atoms with E-state index in [2.05, 4.69) is 21.8 Å². The molecule has 2 aromatic rings. The van der Waals surface area contributed by atoms with Crippen LogP contribution >= 0.6 is 11.8 Å². The van der Waals surface area contributed by atoms with Gasteiger partial charge >= 0.3 is 0 Å². The van der Waals surface area contributed by atoms with Gasteiger partial charge in [-0.1, -0.05) is 6.92 Å². The van der Waals surface area contributed by atoms with Crippen molar-refractivity contribution in [3.8, 4) is 0 Å². The van der Waals surface area contributed by atoms with Gasteiger partial charge < -0.3 is 19.2 Å². The molecule has 7 nitrogen and oxygen atoms in total. The van der Waals surface area contributed by atoms with Crippen molar-refractivity contribution in [3.63, 3.8) is 0 Å². The summed E-state index contributed by atoms with van der Waals surface area (Å²) < 4.78 is 7.36. The number of carbonyl (C=O) groups is 2. The summed E-state index contributed by atoms with van der Waals surface area (Å²) in [5, 5.41) is 2.87. The number of aromatic nitrogens is 2. The van der Waals surface area contributed by atoms with Crippen molar-refractivity contribution in [2.75, 3.05) is 25.1 Å². The highest BCUT2D eigenvalue weighted by Gasteiger charge is 2.31. The van der Waals surface area contributed by atoms with Gasteiger partial charge in [0.2, 0.25) is 5.91 Å². The molecule has 1 aliphatic heterocycles. The van der Waals surface area contributed by atoms with Crippen LogP contribution in [-0.2, 0) is 11.2 Å². The van der Waals surface area contributed by atoms with Gasteiger partial charge in [-0.2, -0.15) is 11.8 Å². The predicted molar refractivity (Wildman–Crippen MR) is 109 cm³/mol. The first kappa shape index (κ1) is 20.5. The van der Waals surface area contributed by atoms with Gasteiger partial charge in [0.05, 0.1) is 12.3 Å². The highest BCUT2D eigenvalue weighted by molar-refractivity contribution is 7.98. The Kier molecular flexibility index (Phi) is 7.19. The lowest BCUT2D eigenvalue weighted by molar-refractivity contribution is -0.135. The summed E-state index contributed by atoms with van der Waals surface area (Å²) in [6.45, 7) is 3.46. The van der Waals surface area contributed by atoms with E-state index in [4.69, 9.17) is 4.42 Å². The molecule has 2 unspecified atom stereocenters. The number of hydrogen-bond donors (Lipinski definition) is 1. The van der Waals surface area contributed by atoms with Crippen LogP contribution in [0.25, 0.3) is 0 Å². The number of nitrogens with one attached hydrogen (secondary N) is 1. The van der Waals surface area contributed by atoms with Gasteiger partial charge in [-0.15, -0.1) is 0 Å². The van der Waals surface area contributed by atoms with Crippen LogP contribution < -0.4 is 5.32 Å². The fraction of sp³-hybridized carbons (Fsp3) is 0.550. The Morgan fingerprint density at radius 2 is 2.32 bits per heavy atom. The monoisotopic (exact) mass is 404 g/mol. The molecule has 28 heavy (non-hydrogen) atoms. The van der Waals surface area contributed by atoms with Crippen molar-refractivity contribution in [1.82, 2.24) is 19.8 Å². The average Bonchev–Trinajstić information content (AvgIpc) is 3.42. The van der Waals surface area contributed by atoms with Crippen LogP contribution in [0, 0.1) is 0 Å². The molecule has 3 rings (SSSR count). The molecule has 1 aliphatic rings. The summed E-state index contributed by atoms with van der Waals surface area (Å²) in [6.07, 6.45) is 10.7. The molecule has 2 amide bonds. The second-order valence-electron chi connectivity index (χ2n) is 6.97. The van der Waals surface area contributed by atoms with Crippen LogP contribution in [0.2, 0.25) is 0 Å². The summed E-state index contributed by atoms with van der Waals surface area (Å²) >= 11 is 1.66. The van der Waals surface area contributed by atoms with Crippen molar-refractivity contribution in [2.45, 2.75) is 44.7 Å². The number of imidazole rings is 1. The van der Waals surface area contributed by atoms with Crippen LogP contribution in [0.4, 0.5) is 0 Å². The van der Waals surface area contributed by atoms with Crippen molar-refractivity contribution in [3.05, 3.63) is 42.4 Å². The zero-order chi connectivity index (χ0) is 19.9. The van der Waals surface area contributed by atoms with Crippen molar-refractivity contribution < 1.29 is 14.0 Å². The van der Waals surface area contributed by atoms with E-state index in [9.17, 15) is 9.59 Å². The number of rotatable bonds is 8. The minimum Gasteiger partial charge on any atom is -0.459 e. The van der Waals surface area contributed by atoms with Crippen LogP contribution in [-0.4, -0.2) is 57.4 Å². The second kappa shape index (κ2) is 9.82. The van der Waals surface area contributed by atoms with Crippen LogP contribution in [0.5, 0.6) is 0 Å². The number of carbonyl (C=O) groups excluding carboxylic acids is 2. The smallest absolute Gasteiger partial charge is 0.287 e. The molecular weight excluding hydrogens is 376 g/mol. The zero-order valence-corrected chi connectivity index (χ0v) is 17.3. The standard InChI is InChI=1S/C20H28N4O3S/c1-3-18-21-9-11-24(18)15-6-4-10-23(14-15)20(26)16(8-13-28-2)22-19(25)17-7-5-12-27-17/h5,7,9,11-12,15-16H,3-4,6,8,10,13-14H2,1-2H3,(H,22,25). The molecular formula is C20H28N4O3S. The number of thioether (sulfide) groups is 1. The molecule has 2 atom stereocenters. The molecule has 0 aromatic carbocycles. The molecule has 0 bridgehead atoms. The lowest BCUT2D eigenvalue weighted by Crippen LogP contribution is -2.51. The van der Waals surface area contributed by atoms with Crippen molar-refractivity contribution in [2.24, 2.45) is 0 Å². The minimum absolute atomic E-state index is 0.0168. The van der Waals surface area contributed by atoms with Crippen LogP contribution in [0.1, 0.15) is 48.6 Å². The number of amides is 2. The number of likely N-dealkylation sites (tertiary alicyclic amines) is 1. The van der Waals surface area contributed by atoms with Gasteiger partial charge in [-0.25, -0.2) is 4.98 Å². The fourth-order valence-corrected chi connectivity index (χ4v) is 4.15. The van der Waals surface area contributed by atoms with E-state index in [1.807, 2.05) is 23.5 Å². The Morgan fingerprint density at radius 1 is 1.46 bits per heavy atom.